The van der Waals surface area contributed by atoms with Gasteiger partial charge < -0.3 is 5.73 Å². The normalized spacial score (nSPS) is 17.8. The summed E-state index contributed by atoms with van der Waals surface area (Å²) in [4.78, 5) is 24.0. The fraction of sp³-hybridized carbons (Fsp3) is 0.769. The zero-order chi connectivity index (χ0) is 13.5. The Morgan fingerprint density at radius 2 is 2.00 bits per heavy atom. The van der Waals surface area contributed by atoms with E-state index in [9.17, 15) is 9.59 Å². The Kier molecular flexibility index (Phi) is 5.63. The van der Waals surface area contributed by atoms with Gasteiger partial charge in [0.15, 0.2) is 6.19 Å². The minimum Gasteiger partial charge on any atom is -0.370 e. The van der Waals surface area contributed by atoms with E-state index in [2.05, 4.69) is 0 Å². The Bertz CT molecular complexity index is 343. The van der Waals surface area contributed by atoms with Crippen molar-refractivity contribution in [2.75, 3.05) is 7.05 Å². The smallest absolute Gasteiger partial charge is 0.238 e. The van der Waals surface area contributed by atoms with Gasteiger partial charge in [0.1, 0.15) is 0 Å². The number of nitriles is 1. The van der Waals surface area contributed by atoms with Crippen molar-refractivity contribution in [3.63, 3.8) is 0 Å². The molecule has 0 aromatic rings. The maximum Gasteiger partial charge on any atom is 0.238 e. The molecule has 0 heterocycles. The average Bonchev–Trinajstić information content (AvgIpc) is 2.37. The van der Waals surface area contributed by atoms with Crippen LogP contribution in [0, 0.1) is 23.3 Å². The quantitative estimate of drug-likeness (QED) is 0.591. The summed E-state index contributed by atoms with van der Waals surface area (Å²) >= 11 is 0. The standard InChI is InChI=1S/C13H21N3O2/c1-16(9-14)13(18)11(8-12(15)17)7-10-5-3-2-4-6-10/h10-11H,2-8H2,1H3,(H2,15,17)/t11-/m0/s1. The highest BCUT2D eigenvalue weighted by molar-refractivity contribution is 5.85. The van der Waals surface area contributed by atoms with Gasteiger partial charge in [0.25, 0.3) is 0 Å². The molecule has 0 spiro atoms. The topological polar surface area (TPSA) is 87.2 Å². The molecule has 0 aliphatic heterocycles. The molecular weight excluding hydrogens is 230 g/mol. The molecular formula is C13H21N3O2. The van der Waals surface area contributed by atoms with E-state index >= 15 is 0 Å². The predicted octanol–water partition coefficient (Wildman–Crippen LogP) is 1.39. The monoisotopic (exact) mass is 251 g/mol. The van der Waals surface area contributed by atoms with Gasteiger partial charge in [0.2, 0.25) is 11.8 Å². The van der Waals surface area contributed by atoms with Crippen molar-refractivity contribution in [3.8, 4) is 6.19 Å². The number of primary amides is 1. The number of amides is 2. The lowest BCUT2D eigenvalue weighted by Crippen LogP contribution is -2.33. The van der Waals surface area contributed by atoms with Crippen molar-refractivity contribution in [2.24, 2.45) is 17.6 Å². The van der Waals surface area contributed by atoms with E-state index in [4.69, 9.17) is 11.0 Å². The summed E-state index contributed by atoms with van der Waals surface area (Å²) in [7, 11) is 1.43. The van der Waals surface area contributed by atoms with Gasteiger partial charge in [-0.25, -0.2) is 0 Å². The van der Waals surface area contributed by atoms with Gasteiger partial charge in [-0.2, -0.15) is 5.26 Å². The molecule has 1 atom stereocenters. The first kappa shape index (κ1) is 14.5. The molecule has 100 valence electrons. The lowest BCUT2D eigenvalue weighted by molar-refractivity contribution is -0.135. The first-order valence-electron chi connectivity index (χ1n) is 6.50. The molecule has 0 bridgehead atoms. The highest BCUT2D eigenvalue weighted by Crippen LogP contribution is 2.30. The minimum absolute atomic E-state index is 0.0430. The Labute approximate surface area is 108 Å². The van der Waals surface area contributed by atoms with Crippen LogP contribution >= 0.6 is 0 Å². The van der Waals surface area contributed by atoms with Gasteiger partial charge in [-0.1, -0.05) is 32.1 Å². The molecule has 1 fully saturated rings. The average molecular weight is 251 g/mol. The Morgan fingerprint density at radius 1 is 1.39 bits per heavy atom. The summed E-state index contributed by atoms with van der Waals surface area (Å²) in [5, 5.41) is 8.73. The second-order valence-electron chi connectivity index (χ2n) is 5.10. The number of hydrogen-bond acceptors (Lipinski definition) is 3. The Balaban J connectivity index is 2.62. The summed E-state index contributed by atoms with van der Waals surface area (Å²) in [5.41, 5.74) is 5.19. The maximum atomic E-state index is 12.0. The number of rotatable bonds is 5. The summed E-state index contributed by atoms with van der Waals surface area (Å²) in [6.07, 6.45) is 8.36. The van der Waals surface area contributed by atoms with Crippen LogP contribution in [0.4, 0.5) is 0 Å². The van der Waals surface area contributed by atoms with Gasteiger partial charge in [-0.3, -0.25) is 14.5 Å². The van der Waals surface area contributed by atoms with Crippen molar-refractivity contribution in [1.29, 1.82) is 5.26 Å². The van der Waals surface area contributed by atoms with E-state index in [0.717, 1.165) is 17.7 Å². The van der Waals surface area contributed by atoms with E-state index in [1.807, 2.05) is 0 Å². The highest BCUT2D eigenvalue weighted by atomic mass is 16.2. The van der Waals surface area contributed by atoms with Crippen molar-refractivity contribution < 1.29 is 9.59 Å². The zero-order valence-corrected chi connectivity index (χ0v) is 10.9. The van der Waals surface area contributed by atoms with E-state index in [0.29, 0.717) is 12.3 Å². The third kappa shape index (κ3) is 4.36. The summed E-state index contributed by atoms with van der Waals surface area (Å²) in [5.74, 6) is -0.716. The summed E-state index contributed by atoms with van der Waals surface area (Å²) in [6, 6.07) is 0. The van der Waals surface area contributed by atoms with Crippen LogP contribution < -0.4 is 5.73 Å². The van der Waals surface area contributed by atoms with E-state index in [-0.39, 0.29) is 12.3 Å². The van der Waals surface area contributed by atoms with Gasteiger partial charge in [-0.05, 0) is 12.3 Å². The fourth-order valence-corrected chi connectivity index (χ4v) is 2.66. The van der Waals surface area contributed by atoms with Crippen molar-refractivity contribution in [1.82, 2.24) is 4.90 Å². The molecule has 2 N–H and O–H groups in total. The molecule has 5 nitrogen and oxygen atoms in total. The van der Waals surface area contributed by atoms with Crippen LogP contribution in [0.25, 0.3) is 0 Å². The summed E-state index contributed by atoms with van der Waals surface area (Å²) in [6.45, 7) is 0. The molecule has 2 amide bonds. The summed E-state index contributed by atoms with van der Waals surface area (Å²) < 4.78 is 0. The van der Waals surface area contributed by atoms with Crippen LogP contribution in [0.2, 0.25) is 0 Å². The largest absolute Gasteiger partial charge is 0.370 e. The van der Waals surface area contributed by atoms with Crippen LogP contribution in [0.3, 0.4) is 0 Å². The zero-order valence-electron chi connectivity index (χ0n) is 10.9. The Morgan fingerprint density at radius 3 is 2.50 bits per heavy atom. The molecule has 0 aromatic carbocycles. The van der Waals surface area contributed by atoms with Crippen LogP contribution in [0.1, 0.15) is 44.9 Å². The van der Waals surface area contributed by atoms with Gasteiger partial charge in [0.05, 0.1) is 0 Å². The number of carbonyl (C=O) groups excluding carboxylic acids is 2. The van der Waals surface area contributed by atoms with Crippen molar-refractivity contribution >= 4 is 11.8 Å². The fourth-order valence-electron chi connectivity index (χ4n) is 2.66. The maximum absolute atomic E-state index is 12.0. The third-order valence-electron chi connectivity index (χ3n) is 3.62. The lowest BCUT2D eigenvalue weighted by Gasteiger charge is -2.26. The minimum atomic E-state index is -0.476. The van der Waals surface area contributed by atoms with Crippen molar-refractivity contribution in [3.05, 3.63) is 0 Å². The van der Waals surface area contributed by atoms with E-state index in [1.54, 1.807) is 6.19 Å². The van der Waals surface area contributed by atoms with E-state index < -0.39 is 11.8 Å². The number of hydrogen-bond donors (Lipinski definition) is 1. The molecule has 1 aliphatic carbocycles. The molecule has 0 radical (unpaired) electrons. The van der Waals surface area contributed by atoms with E-state index in [1.165, 1.54) is 26.3 Å². The number of nitrogens with two attached hydrogens (primary N) is 1. The Hall–Kier alpha value is -1.57. The SMILES string of the molecule is CN(C#N)C(=O)[C@H](CC(N)=O)CC1CCCCC1. The van der Waals surface area contributed by atoms with Gasteiger partial charge in [-0.15, -0.1) is 0 Å². The molecule has 18 heavy (non-hydrogen) atoms. The van der Waals surface area contributed by atoms with Gasteiger partial charge >= 0.3 is 0 Å². The third-order valence-corrected chi connectivity index (χ3v) is 3.62. The van der Waals surface area contributed by atoms with Crippen LogP contribution in [-0.2, 0) is 9.59 Å². The highest BCUT2D eigenvalue weighted by Gasteiger charge is 2.27. The lowest BCUT2D eigenvalue weighted by atomic mass is 9.81. The molecule has 1 aliphatic rings. The van der Waals surface area contributed by atoms with Gasteiger partial charge in [0, 0.05) is 19.4 Å². The molecule has 0 aromatic heterocycles. The molecule has 0 unspecified atom stereocenters. The predicted molar refractivity (Wildman–Crippen MR) is 66.9 cm³/mol. The molecule has 0 saturated heterocycles. The first-order valence-corrected chi connectivity index (χ1v) is 6.50. The molecule has 1 rings (SSSR count). The van der Waals surface area contributed by atoms with Crippen LogP contribution in [0.15, 0.2) is 0 Å². The first-order chi connectivity index (χ1) is 8.54. The number of nitrogens with zero attached hydrogens (tertiary/aromatic N) is 2. The second-order valence-corrected chi connectivity index (χ2v) is 5.10. The number of carbonyl (C=O) groups is 2. The van der Waals surface area contributed by atoms with Crippen LogP contribution in [-0.4, -0.2) is 23.8 Å². The van der Waals surface area contributed by atoms with Crippen molar-refractivity contribution in [2.45, 2.75) is 44.9 Å². The molecule has 1 saturated carbocycles. The van der Waals surface area contributed by atoms with Crippen LogP contribution in [0.5, 0.6) is 0 Å². The second kappa shape index (κ2) is 7.00. The molecule has 5 heteroatoms.